The van der Waals surface area contributed by atoms with Crippen LogP contribution >= 0.6 is 0 Å². The molecule has 1 rings (SSSR count). The molecule has 6 nitrogen and oxygen atoms in total. The van der Waals surface area contributed by atoms with Gasteiger partial charge in [0.1, 0.15) is 6.04 Å². The van der Waals surface area contributed by atoms with Crippen molar-refractivity contribution in [3.05, 3.63) is 47.5 Å². The van der Waals surface area contributed by atoms with Crippen molar-refractivity contribution >= 4 is 17.8 Å². The first-order valence-corrected chi connectivity index (χ1v) is 7.15. The van der Waals surface area contributed by atoms with Crippen molar-refractivity contribution in [1.82, 2.24) is 5.32 Å². The highest BCUT2D eigenvalue weighted by Gasteiger charge is 2.22. The zero-order valence-corrected chi connectivity index (χ0v) is 13.5. The molecule has 1 aromatic carbocycles. The number of rotatable bonds is 7. The molecule has 6 heteroatoms. The van der Waals surface area contributed by atoms with E-state index in [2.05, 4.69) is 5.32 Å². The van der Waals surface area contributed by atoms with E-state index in [4.69, 9.17) is 9.47 Å². The molecule has 0 bridgehead atoms. The van der Waals surface area contributed by atoms with Gasteiger partial charge in [-0.3, -0.25) is 4.79 Å². The van der Waals surface area contributed by atoms with Crippen LogP contribution < -0.4 is 5.32 Å². The second kappa shape index (κ2) is 9.40. The summed E-state index contributed by atoms with van der Waals surface area (Å²) < 4.78 is 9.49. The van der Waals surface area contributed by atoms with E-state index in [0.29, 0.717) is 6.42 Å². The van der Waals surface area contributed by atoms with E-state index in [9.17, 15) is 14.4 Å². The zero-order valence-electron chi connectivity index (χ0n) is 13.5. The molecular weight excluding hydrogens is 298 g/mol. The normalized spacial score (nSPS) is 11.1. The number of amides is 1. The molecule has 0 aromatic heterocycles. The first kappa shape index (κ1) is 18.4. The van der Waals surface area contributed by atoms with Gasteiger partial charge in [0.05, 0.1) is 7.11 Å². The maximum absolute atomic E-state index is 11.8. The lowest BCUT2D eigenvalue weighted by molar-refractivity contribution is -0.147. The third kappa shape index (κ3) is 7.26. The van der Waals surface area contributed by atoms with Crippen LogP contribution in [0.4, 0.5) is 0 Å². The van der Waals surface area contributed by atoms with E-state index in [1.165, 1.54) is 13.2 Å². The van der Waals surface area contributed by atoms with Crippen molar-refractivity contribution in [1.29, 1.82) is 0 Å². The molecule has 1 unspecified atom stereocenters. The van der Waals surface area contributed by atoms with Gasteiger partial charge >= 0.3 is 11.9 Å². The summed E-state index contributed by atoms with van der Waals surface area (Å²) in [5.74, 6) is -1.72. The lowest BCUT2D eigenvalue weighted by Gasteiger charge is -2.16. The Kier molecular flexibility index (Phi) is 7.53. The molecule has 0 aliphatic heterocycles. The number of ether oxygens (including phenoxy) is 2. The quantitative estimate of drug-likeness (QED) is 0.607. The second-order valence-electron chi connectivity index (χ2n) is 5.16. The molecule has 124 valence electrons. The molecule has 0 saturated carbocycles. The monoisotopic (exact) mass is 319 g/mol. The van der Waals surface area contributed by atoms with Crippen molar-refractivity contribution in [3.8, 4) is 0 Å². The van der Waals surface area contributed by atoms with Crippen molar-refractivity contribution in [2.75, 3.05) is 13.7 Å². The third-order valence-corrected chi connectivity index (χ3v) is 2.86. The second-order valence-corrected chi connectivity index (χ2v) is 5.16. The van der Waals surface area contributed by atoms with Crippen LogP contribution in [0.2, 0.25) is 0 Å². The standard InChI is InChI=1S/C17H21NO5/c1-12(2)9-16(20)23-11-15(19)18-14(17(21)22-3)10-13-7-5-4-6-8-13/h4-9,14H,10-11H2,1-3H3,(H,18,19). The molecular formula is C17H21NO5. The van der Waals surface area contributed by atoms with Crippen LogP contribution in [-0.4, -0.2) is 37.6 Å². The summed E-state index contributed by atoms with van der Waals surface area (Å²) in [6, 6.07) is 8.39. The smallest absolute Gasteiger partial charge is 0.331 e. The molecule has 0 aliphatic rings. The molecule has 0 radical (unpaired) electrons. The van der Waals surface area contributed by atoms with E-state index in [1.54, 1.807) is 13.8 Å². The molecule has 1 N–H and O–H groups in total. The van der Waals surface area contributed by atoms with Gasteiger partial charge in [0, 0.05) is 12.5 Å². The maximum atomic E-state index is 11.8. The molecule has 0 saturated heterocycles. The predicted octanol–water partition coefficient (Wildman–Crippen LogP) is 1.40. The largest absolute Gasteiger partial charge is 0.467 e. The zero-order chi connectivity index (χ0) is 17.2. The number of carbonyl (C=O) groups is 3. The molecule has 1 aromatic rings. The predicted molar refractivity (Wildman–Crippen MR) is 84.5 cm³/mol. The van der Waals surface area contributed by atoms with E-state index in [0.717, 1.165) is 11.1 Å². The van der Waals surface area contributed by atoms with Crippen molar-refractivity contribution < 1.29 is 23.9 Å². The summed E-state index contributed by atoms with van der Waals surface area (Å²) in [7, 11) is 1.25. The Morgan fingerprint density at radius 3 is 2.39 bits per heavy atom. The number of methoxy groups -OCH3 is 1. The maximum Gasteiger partial charge on any atom is 0.331 e. The molecule has 0 spiro atoms. The number of carbonyl (C=O) groups excluding carboxylic acids is 3. The average molecular weight is 319 g/mol. The molecule has 0 fully saturated rings. The van der Waals surface area contributed by atoms with Gasteiger partial charge < -0.3 is 14.8 Å². The van der Waals surface area contributed by atoms with Gasteiger partial charge in [0.25, 0.3) is 5.91 Å². The fourth-order valence-corrected chi connectivity index (χ4v) is 1.84. The number of allylic oxidation sites excluding steroid dienone is 1. The highest BCUT2D eigenvalue weighted by atomic mass is 16.5. The van der Waals surface area contributed by atoms with Crippen LogP contribution in [0.5, 0.6) is 0 Å². The molecule has 0 aliphatic carbocycles. The van der Waals surface area contributed by atoms with E-state index in [1.807, 2.05) is 30.3 Å². The van der Waals surface area contributed by atoms with Crippen molar-refractivity contribution in [3.63, 3.8) is 0 Å². The molecule has 1 atom stereocenters. The first-order chi connectivity index (χ1) is 10.9. The first-order valence-electron chi connectivity index (χ1n) is 7.15. The minimum Gasteiger partial charge on any atom is -0.467 e. The lowest BCUT2D eigenvalue weighted by atomic mass is 10.1. The van der Waals surface area contributed by atoms with Crippen LogP contribution in [0.25, 0.3) is 0 Å². The van der Waals surface area contributed by atoms with Gasteiger partial charge in [-0.2, -0.15) is 0 Å². The Balaban J connectivity index is 2.60. The minimum atomic E-state index is -0.836. The lowest BCUT2D eigenvalue weighted by Crippen LogP contribution is -2.44. The van der Waals surface area contributed by atoms with Crippen molar-refractivity contribution in [2.45, 2.75) is 26.3 Å². The van der Waals surface area contributed by atoms with E-state index in [-0.39, 0.29) is 0 Å². The molecule has 0 heterocycles. The SMILES string of the molecule is COC(=O)C(Cc1ccccc1)NC(=O)COC(=O)C=C(C)C. The third-order valence-electron chi connectivity index (χ3n) is 2.86. The van der Waals surface area contributed by atoms with Crippen LogP contribution in [0.15, 0.2) is 42.0 Å². The average Bonchev–Trinajstić information content (AvgIpc) is 2.52. The molecule has 23 heavy (non-hydrogen) atoms. The summed E-state index contributed by atoms with van der Waals surface area (Å²) >= 11 is 0. The Hall–Kier alpha value is -2.63. The Labute approximate surface area is 135 Å². The topological polar surface area (TPSA) is 81.7 Å². The van der Waals surface area contributed by atoms with Crippen molar-refractivity contribution in [2.24, 2.45) is 0 Å². The highest BCUT2D eigenvalue weighted by Crippen LogP contribution is 2.04. The number of benzene rings is 1. The van der Waals surface area contributed by atoms with Gasteiger partial charge in [-0.15, -0.1) is 0 Å². The number of nitrogens with one attached hydrogen (secondary N) is 1. The van der Waals surface area contributed by atoms with Crippen LogP contribution in [0.3, 0.4) is 0 Å². The van der Waals surface area contributed by atoms with Gasteiger partial charge in [0.2, 0.25) is 0 Å². The Morgan fingerprint density at radius 2 is 1.83 bits per heavy atom. The van der Waals surface area contributed by atoms with E-state index >= 15 is 0 Å². The number of esters is 2. The summed E-state index contributed by atoms with van der Waals surface area (Å²) in [6.07, 6.45) is 1.58. The Morgan fingerprint density at radius 1 is 1.17 bits per heavy atom. The summed E-state index contributed by atoms with van der Waals surface area (Å²) in [5, 5.41) is 2.51. The fraction of sp³-hybridized carbons (Fsp3) is 0.353. The minimum absolute atomic E-state index is 0.293. The summed E-state index contributed by atoms with van der Waals surface area (Å²) in [4.78, 5) is 35.0. The van der Waals surface area contributed by atoms with Crippen LogP contribution in [0, 0.1) is 0 Å². The van der Waals surface area contributed by atoms with Gasteiger partial charge in [-0.1, -0.05) is 35.9 Å². The molecule has 1 amide bonds. The van der Waals surface area contributed by atoms with Gasteiger partial charge in [0.15, 0.2) is 6.61 Å². The number of hydrogen-bond donors (Lipinski definition) is 1. The van der Waals surface area contributed by atoms with Crippen LogP contribution in [-0.2, 0) is 30.3 Å². The van der Waals surface area contributed by atoms with Crippen LogP contribution in [0.1, 0.15) is 19.4 Å². The van der Waals surface area contributed by atoms with Gasteiger partial charge in [-0.05, 0) is 19.4 Å². The summed E-state index contributed by atoms with van der Waals surface area (Å²) in [6.45, 7) is 3.04. The van der Waals surface area contributed by atoms with Gasteiger partial charge in [-0.25, -0.2) is 9.59 Å². The highest BCUT2D eigenvalue weighted by molar-refractivity contribution is 5.88. The summed E-state index contributed by atoms with van der Waals surface area (Å²) in [5.41, 5.74) is 1.65. The fourth-order valence-electron chi connectivity index (χ4n) is 1.84. The Bertz CT molecular complexity index is 576. The van der Waals surface area contributed by atoms with E-state index < -0.39 is 30.5 Å². The number of hydrogen-bond acceptors (Lipinski definition) is 5.